The van der Waals surface area contributed by atoms with Crippen LogP contribution < -0.4 is 15.8 Å². The van der Waals surface area contributed by atoms with Crippen LogP contribution in [0.2, 0.25) is 0 Å². The van der Waals surface area contributed by atoms with Gasteiger partial charge in [-0.25, -0.2) is 5.43 Å². The van der Waals surface area contributed by atoms with E-state index in [1.807, 2.05) is 5.01 Å². The Balaban J connectivity index is 2.21. The van der Waals surface area contributed by atoms with Crippen LogP contribution in [0.3, 0.4) is 0 Å². The lowest BCUT2D eigenvalue weighted by Gasteiger charge is -2.27. The number of rotatable bonds is 4. The highest BCUT2D eigenvalue weighted by Gasteiger charge is 2.37. The molecular formula is C15H23N3S. The fourth-order valence-electron chi connectivity index (χ4n) is 2.33. The van der Waals surface area contributed by atoms with E-state index < -0.39 is 0 Å². The minimum atomic E-state index is -0.103. The molecular weight excluding hydrogens is 254 g/mol. The molecule has 104 valence electrons. The van der Waals surface area contributed by atoms with Crippen molar-refractivity contribution in [1.29, 1.82) is 0 Å². The van der Waals surface area contributed by atoms with Gasteiger partial charge in [-0.05, 0) is 48.7 Å². The van der Waals surface area contributed by atoms with Crippen molar-refractivity contribution in [2.75, 3.05) is 5.01 Å². The fourth-order valence-corrected chi connectivity index (χ4v) is 2.67. The van der Waals surface area contributed by atoms with Gasteiger partial charge in [-0.15, -0.1) is 0 Å². The molecule has 0 saturated carbocycles. The van der Waals surface area contributed by atoms with Crippen LogP contribution in [-0.4, -0.2) is 10.8 Å². The molecule has 4 heteroatoms. The average Bonchev–Trinajstić information content (AvgIpc) is 2.77. The molecule has 1 aliphatic heterocycles. The molecule has 0 unspecified atom stereocenters. The van der Waals surface area contributed by atoms with E-state index in [4.69, 9.17) is 12.2 Å². The third-order valence-electron chi connectivity index (χ3n) is 3.90. The lowest BCUT2D eigenvalue weighted by Crippen LogP contribution is -2.50. The third-order valence-corrected chi connectivity index (χ3v) is 4.18. The number of hydrogen-bond acceptors (Lipinski definition) is 2. The molecule has 0 aliphatic carbocycles. The number of hydrazine groups is 1. The van der Waals surface area contributed by atoms with Crippen molar-refractivity contribution < 1.29 is 0 Å². The maximum atomic E-state index is 5.44. The van der Waals surface area contributed by atoms with Crippen molar-refractivity contribution in [3.05, 3.63) is 29.8 Å². The predicted molar refractivity (Wildman–Crippen MR) is 85.2 cm³/mol. The molecule has 0 bridgehead atoms. The second-order valence-electron chi connectivity index (χ2n) is 5.41. The van der Waals surface area contributed by atoms with Crippen LogP contribution in [0.5, 0.6) is 0 Å². The summed E-state index contributed by atoms with van der Waals surface area (Å²) in [6.45, 7) is 8.73. The van der Waals surface area contributed by atoms with E-state index >= 15 is 0 Å². The van der Waals surface area contributed by atoms with Gasteiger partial charge < -0.3 is 5.32 Å². The minimum Gasteiger partial charge on any atom is -0.342 e. The Morgan fingerprint density at radius 1 is 1.16 bits per heavy atom. The summed E-state index contributed by atoms with van der Waals surface area (Å²) in [4.78, 5) is 0. The summed E-state index contributed by atoms with van der Waals surface area (Å²) in [6, 6.07) is 8.58. The normalized spacial score (nSPS) is 17.9. The smallest absolute Gasteiger partial charge is 0.189 e. The van der Waals surface area contributed by atoms with Crippen molar-refractivity contribution in [3.63, 3.8) is 0 Å². The van der Waals surface area contributed by atoms with E-state index in [0.29, 0.717) is 5.92 Å². The molecule has 19 heavy (non-hydrogen) atoms. The molecule has 1 heterocycles. The van der Waals surface area contributed by atoms with Crippen LogP contribution >= 0.6 is 12.2 Å². The number of hydrogen-bond donors (Lipinski definition) is 2. The average molecular weight is 277 g/mol. The standard InChI is InChI=1S/C15H23N3S/c1-5-15(6-2)16-14(19)18(17-15)13-9-7-12(8-10-13)11(3)4/h7-11,17H,5-6H2,1-4H3,(H,16,19). The second kappa shape index (κ2) is 5.47. The Bertz CT molecular complexity index is 449. The molecule has 3 nitrogen and oxygen atoms in total. The summed E-state index contributed by atoms with van der Waals surface area (Å²) in [5.41, 5.74) is 5.83. The molecule has 0 amide bonds. The Morgan fingerprint density at radius 3 is 2.16 bits per heavy atom. The first kappa shape index (κ1) is 14.3. The Labute approximate surface area is 121 Å². The number of nitrogens with zero attached hydrogens (tertiary/aromatic N) is 1. The zero-order valence-electron chi connectivity index (χ0n) is 12.2. The van der Waals surface area contributed by atoms with Gasteiger partial charge in [0.15, 0.2) is 5.11 Å². The molecule has 2 N–H and O–H groups in total. The van der Waals surface area contributed by atoms with E-state index in [0.717, 1.165) is 23.6 Å². The topological polar surface area (TPSA) is 27.3 Å². The van der Waals surface area contributed by atoms with Gasteiger partial charge in [-0.1, -0.05) is 39.8 Å². The number of thiocarbonyl (C=S) groups is 1. The first-order valence-electron chi connectivity index (χ1n) is 7.01. The summed E-state index contributed by atoms with van der Waals surface area (Å²) in [7, 11) is 0. The van der Waals surface area contributed by atoms with Gasteiger partial charge in [0.25, 0.3) is 0 Å². The van der Waals surface area contributed by atoms with Crippen LogP contribution in [0.25, 0.3) is 0 Å². The van der Waals surface area contributed by atoms with E-state index in [2.05, 4.69) is 62.7 Å². The summed E-state index contributed by atoms with van der Waals surface area (Å²) >= 11 is 5.44. The van der Waals surface area contributed by atoms with Gasteiger partial charge in [0.2, 0.25) is 0 Å². The van der Waals surface area contributed by atoms with E-state index in [1.165, 1.54) is 5.56 Å². The van der Waals surface area contributed by atoms with Gasteiger partial charge in [0.1, 0.15) is 5.66 Å². The molecule has 1 saturated heterocycles. The summed E-state index contributed by atoms with van der Waals surface area (Å²) in [5, 5.41) is 6.13. The Hall–Kier alpha value is -1.13. The quantitative estimate of drug-likeness (QED) is 0.823. The van der Waals surface area contributed by atoms with Crippen molar-refractivity contribution in [1.82, 2.24) is 10.7 Å². The highest BCUT2D eigenvalue weighted by molar-refractivity contribution is 7.80. The monoisotopic (exact) mass is 277 g/mol. The van der Waals surface area contributed by atoms with Crippen molar-refractivity contribution in [2.45, 2.75) is 52.1 Å². The molecule has 2 rings (SSSR count). The zero-order valence-corrected chi connectivity index (χ0v) is 13.0. The van der Waals surface area contributed by atoms with E-state index in [9.17, 15) is 0 Å². The second-order valence-corrected chi connectivity index (χ2v) is 5.80. The van der Waals surface area contributed by atoms with Crippen molar-refractivity contribution in [3.8, 4) is 0 Å². The van der Waals surface area contributed by atoms with Gasteiger partial charge >= 0.3 is 0 Å². The molecule has 0 atom stereocenters. The van der Waals surface area contributed by atoms with Gasteiger partial charge in [-0.3, -0.25) is 5.01 Å². The zero-order chi connectivity index (χ0) is 14.0. The molecule has 0 aromatic heterocycles. The molecule has 1 aromatic rings. The number of benzene rings is 1. The molecule has 0 radical (unpaired) electrons. The van der Waals surface area contributed by atoms with Crippen LogP contribution in [0.4, 0.5) is 5.69 Å². The molecule has 1 aromatic carbocycles. The number of nitrogens with one attached hydrogen (secondary N) is 2. The highest BCUT2D eigenvalue weighted by atomic mass is 32.1. The summed E-state index contributed by atoms with van der Waals surface area (Å²) in [5.74, 6) is 0.552. The third kappa shape index (κ3) is 2.74. The highest BCUT2D eigenvalue weighted by Crippen LogP contribution is 2.25. The van der Waals surface area contributed by atoms with Crippen LogP contribution in [0, 0.1) is 0 Å². The van der Waals surface area contributed by atoms with Gasteiger partial charge in [0.05, 0.1) is 5.69 Å². The van der Waals surface area contributed by atoms with Crippen molar-refractivity contribution >= 4 is 23.0 Å². The summed E-state index contributed by atoms with van der Waals surface area (Å²) < 4.78 is 0. The SMILES string of the molecule is CCC1(CC)NC(=S)N(c2ccc(C(C)C)cc2)N1. The van der Waals surface area contributed by atoms with E-state index in [1.54, 1.807) is 0 Å². The Morgan fingerprint density at radius 2 is 1.74 bits per heavy atom. The van der Waals surface area contributed by atoms with Crippen molar-refractivity contribution in [2.24, 2.45) is 0 Å². The predicted octanol–water partition coefficient (Wildman–Crippen LogP) is 3.53. The number of anilines is 1. The Kier molecular flexibility index (Phi) is 4.11. The molecule has 1 aliphatic rings. The first-order valence-corrected chi connectivity index (χ1v) is 7.42. The van der Waals surface area contributed by atoms with Gasteiger partial charge in [0, 0.05) is 0 Å². The molecule has 1 fully saturated rings. The lowest BCUT2D eigenvalue weighted by molar-refractivity contribution is 0.315. The van der Waals surface area contributed by atoms with Crippen LogP contribution in [-0.2, 0) is 0 Å². The maximum absolute atomic E-state index is 5.44. The van der Waals surface area contributed by atoms with E-state index in [-0.39, 0.29) is 5.66 Å². The largest absolute Gasteiger partial charge is 0.342 e. The lowest BCUT2D eigenvalue weighted by atomic mass is 10.0. The fraction of sp³-hybridized carbons (Fsp3) is 0.533. The molecule has 0 spiro atoms. The van der Waals surface area contributed by atoms with Crippen LogP contribution in [0.1, 0.15) is 52.0 Å². The first-order chi connectivity index (χ1) is 9.01. The van der Waals surface area contributed by atoms with Gasteiger partial charge in [-0.2, -0.15) is 0 Å². The maximum Gasteiger partial charge on any atom is 0.189 e. The van der Waals surface area contributed by atoms with Crippen LogP contribution in [0.15, 0.2) is 24.3 Å². The summed E-state index contributed by atoms with van der Waals surface area (Å²) in [6.07, 6.45) is 1.98. The minimum absolute atomic E-state index is 0.103.